The largest absolute Gasteiger partial charge is 0.497 e. The SMILES string of the molecule is COc1cccc(C(C)NC(=O)CCCCBr)c1. The molecule has 0 spiro atoms. The van der Waals surface area contributed by atoms with Crippen molar-refractivity contribution in [1.82, 2.24) is 5.32 Å². The highest BCUT2D eigenvalue weighted by Crippen LogP contribution is 2.18. The Morgan fingerprint density at radius 3 is 2.89 bits per heavy atom. The lowest BCUT2D eigenvalue weighted by molar-refractivity contribution is -0.121. The molecule has 1 N–H and O–H groups in total. The van der Waals surface area contributed by atoms with Crippen LogP contribution < -0.4 is 10.1 Å². The molecule has 1 aromatic carbocycles. The summed E-state index contributed by atoms with van der Waals surface area (Å²) in [6, 6.07) is 7.78. The van der Waals surface area contributed by atoms with Gasteiger partial charge in [-0.2, -0.15) is 0 Å². The molecular formula is C14H20BrNO2. The van der Waals surface area contributed by atoms with Crippen LogP contribution in [0.2, 0.25) is 0 Å². The topological polar surface area (TPSA) is 38.3 Å². The summed E-state index contributed by atoms with van der Waals surface area (Å²) in [6.45, 7) is 1.98. The lowest BCUT2D eigenvalue weighted by atomic mass is 10.1. The highest BCUT2D eigenvalue weighted by molar-refractivity contribution is 9.09. The Kier molecular flexibility index (Phi) is 6.80. The summed E-state index contributed by atoms with van der Waals surface area (Å²) < 4.78 is 5.17. The lowest BCUT2D eigenvalue weighted by Crippen LogP contribution is -2.26. The molecule has 0 aromatic heterocycles. The molecule has 1 unspecified atom stereocenters. The van der Waals surface area contributed by atoms with Crippen LogP contribution >= 0.6 is 15.9 Å². The molecule has 1 atom stereocenters. The van der Waals surface area contributed by atoms with Crippen molar-refractivity contribution in [3.8, 4) is 5.75 Å². The van der Waals surface area contributed by atoms with Gasteiger partial charge in [-0.25, -0.2) is 0 Å². The van der Waals surface area contributed by atoms with Crippen LogP contribution in [0.25, 0.3) is 0 Å². The molecule has 0 aliphatic carbocycles. The Morgan fingerprint density at radius 2 is 2.22 bits per heavy atom. The third-order valence-electron chi connectivity index (χ3n) is 2.76. The van der Waals surface area contributed by atoms with Crippen LogP contribution in [0.4, 0.5) is 0 Å². The molecule has 0 aliphatic rings. The molecule has 1 rings (SSSR count). The van der Waals surface area contributed by atoms with Crippen molar-refractivity contribution in [2.24, 2.45) is 0 Å². The van der Waals surface area contributed by atoms with E-state index in [4.69, 9.17) is 4.74 Å². The van der Waals surface area contributed by atoms with E-state index in [0.717, 1.165) is 29.5 Å². The normalized spacial score (nSPS) is 11.9. The van der Waals surface area contributed by atoms with Gasteiger partial charge in [0, 0.05) is 11.8 Å². The summed E-state index contributed by atoms with van der Waals surface area (Å²) in [6.07, 6.45) is 2.53. The maximum atomic E-state index is 11.7. The molecule has 1 amide bonds. The summed E-state index contributed by atoms with van der Waals surface area (Å²) in [7, 11) is 1.64. The number of unbranched alkanes of at least 4 members (excludes halogenated alkanes) is 1. The zero-order valence-electron chi connectivity index (χ0n) is 10.9. The Bertz CT molecular complexity index is 382. The van der Waals surface area contributed by atoms with Gasteiger partial charge in [0.05, 0.1) is 13.2 Å². The predicted molar refractivity (Wildman–Crippen MR) is 77.2 cm³/mol. The van der Waals surface area contributed by atoms with Gasteiger partial charge in [-0.15, -0.1) is 0 Å². The number of hydrogen-bond acceptors (Lipinski definition) is 2. The average molecular weight is 314 g/mol. The fourth-order valence-corrected chi connectivity index (χ4v) is 2.08. The first kappa shape index (κ1) is 15.0. The molecule has 0 aliphatic heterocycles. The summed E-state index contributed by atoms with van der Waals surface area (Å²) in [5.41, 5.74) is 1.06. The van der Waals surface area contributed by atoms with Crippen LogP contribution in [0.5, 0.6) is 5.75 Å². The van der Waals surface area contributed by atoms with Crippen molar-refractivity contribution >= 4 is 21.8 Å². The van der Waals surface area contributed by atoms with Crippen molar-refractivity contribution in [3.05, 3.63) is 29.8 Å². The fraction of sp³-hybridized carbons (Fsp3) is 0.500. The summed E-state index contributed by atoms with van der Waals surface area (Å²) in [5.74, 6) is 0.916. The zero-order valence-corrected chi connectivity index (χ0v) is 12.5. The molecule has 100 valence electrons. The van der Waals surface area contributed by atoms with Crippen molar-refractivity contribution in [2.75, 3.05) is 12.4 Å². The molecule has 1 aromatic rings. The van der Waals surface area contributed by atoms with E-state index in [1.165, 1.54) is 0 Å². The number of carbonyl (C=O) groups excluding carboxylic acids is 1. The van der Waals surface area contributed by atoms with E-state index in [1.807, 2.05) is 31.2 Å². The van der Waals surface area contributed by atoms with Gasteiger partial charge in [0.1, 0.15) is 5.75 Å². The Balaban J connectivity index is 2.48. The minimum absolute atomic E-state index is 0.0107. The summed E-state index contributed by atoms with van der Waals surface area (Å²) in [5, 5.41) is 3.95. The molecule has 0 heterocycles. The van der Waals surface area contributed by atoms with Gasteiger partial charge in [-0.1, -0.05) is 28.1 Å². The smallest absolute Gasteiger partial charge is 0.220 e. The third-order valence-corrected chi connectivity index (χ3v) is 3.32. The van der Waals surface area contributed by atoms with Gasteiger partial charge in [-0.3, -0.25) is 4.79 Å². The van der Waals surface area contributed by atoms with Crippen molar-refractivity contribution in [3.63, 3.8) is 0 Å². The van der Waals surface area contributed by atoms with E-state index < -0.39 is 0 Å². The van der Waals surface area contributed by atoms with Crippen LogP contribution in [-0.2, 0) is 4.79 Å². The van der Waals surface area contributed by atoms with E-state index in [0.29, 0.717) is 6.42 Å². The number of carbonyl (C=O) groups is 1. The van der Waals surface area contributed by atoms with Crippen LogP contribution in [0.15, 0.2) is 24.3 Å². The molecule has 0 saturated heterocycles. The lowest BCUT2D eigenvalue weighted by Gasteiger charge is -2.15. The van der Waals surface area contributed by atoms with Crippen molar-refractivity contribution in [1.29, 1.82) is 0 Å². The molecule has 18 heavy (non-hydrogen) atoms. The molecule has 4 heteroatoms. The second-order valence-electron chi connectivity index (χ2n) is 4.21. The Hall–Kier alpha value is -1.03. The van der Waals surface area contributed by atoms with Gasteiger partial charge in [0.2, 0.25) is 5.91 Å². The first-order valence-corrected chi connectivity index (χ1v) is 7.28. The summed E-state index contributed by atoms with van der Waals surface area (Å²) in [4.78, 5) is 11.7. The van der Waals surface area contributed by atoms with Crippen LogP contribution in [0, 0.1) is 0 Å². The van der Waals surface area contributed by atoms with Gasteiger partial charge >= 0.3 is 0 Å². The third kappa shape index (κ3) is 5.08. The molecule has 0 saturated carbocycles. The zero-order chi connectivity index (χ0) is 13.4. The second-order valence-corrected chi connectivity index (χ2v) is 5.00. The van der Waals surface area contributed by atoms with E-state index in [-0.39, 0.29) is 11.9 Å². The molecule has 0 radical (unpaired) electrons. The molecular weight excluding hydrogens is 294 g/mol. The number of benzene rings is 1. The van der Waals surface area contributed by atoms with Gasteiger partial charge in [0.25, 0.3) is 0 Å². The minimum atomic E-state index is 0.0107. The number of amides is 1. The first-order chi connectivity index (χ1) is 8.67. The first-order valence-electron chi connectivity index (χ1n) is 6.16. The maximum Gasteiger partial charge on any atom is 0.220 e. The van der Waals surface area contributed by atoms with Crippen molar-refractivity contribution in [2.45, 2.75) is 32.2 Å². The van der Waals surface area contributed by atoms with Gasteiger partial charge in [0.15, 0.2) is 0 Å². The van der Waals surface area contributed by atoms with E-state index >= 15 is 0 Å². The van der Waals surface area contributed by atoms with Gasteiger partial charge < -0.3 is 10.1 Å². The number of alkyl halides is 1. The molecule has 3 nitrogen and oxygen atoms in total. The summed E-state index contributed by atoms with van der Waals surface area (Å²) >= 11 is 3.36. The van der Waals surface area contributed by atoms with E-state index in [1.54, 1.807) is 7.11 Å². The van der Waals surface area contributed by atoms with Gasteiger partial charge in [-0.05, 0) is 37.5 Å². The van der Waals surface area contributed by atoms with Crippen LogP contribution in [0.1, 0.15) is 37.8 Å². The van der Waals surface area contributed by atoms with Crippen LogP contribution in [-0.4, -0.2) is 18.3 Å². The number of methoxy groups -OCH3 is 1. The average Bonchev–Trinajstić information content (AvgIpc) is 2.39. The molecule has 0 fully saturated rings. The minimum Gasteiger partial charge on any atom is -0.497 e. The number of ether oxygens (including phenoxy) is 1. The molecule has 0 bridgehead atoms. The number of hydrogen-bond donors (Lipinski definition) is 1. The standard InChI is InChI=1S/C14H20BrNO2/c1-11(16-14(17)8-3-4-9-15)12-6-5-7-13(10-12)18-2/h5-7,10-11H,3-4,8-9H2,1-2H3,(H,16,17). The quantitative estimate of drug-likeness (QED) is 0.618. The number of nitrogens with one attached hydrogen (secondary N) is 1. The van der Waals surface area contributed by atoms with Crippen LogP contribution in [0.3, 0.4) is 0 Å². The number of rotatable bonds is 7. The maximum absolute atomic E-state index is 11.7. The Morgan fingerprint density at radius 1 is 1.44 bits per heavy atom. The van der Waals surface area contributed by atoms with E-state index in [9.17, 15) is 4.79 Å². The predicted octanol–water partition coefficient (Wildman–Crippen LogP) is 3.44. The second kappa shape index (κ2) is 8.14. The number of halogens is 1. The van der Waals surface area contributed by atoms with Crippen molar-refractivity contribution < 1.29 is 9.53 Å². The highest BCUT2D eigenvalue weighted by atomic mass is 79.9. The van der Waals surface area contributed by atoms with E-state index in [2.05, 4.69) is 21.2 Å². The highest BCUT2D eigenvalue weighted by Gasteiger charge is 2.09. The monoisotopic (exact) mass is 313 g/mol. The Labute approximate surface area is 117 Å². The fourth-order valence-electron chi connectivity index (χ4n) is 1.69.